The number of aliphatic carboxylic acids is 1. The van der Waals surface area contributed by atoms with Crippen LogP contribution in [0.3, 0.4) is 0 Å². The van der Waals surface area contributed by atoms with E-state index in [1.54, 1.807) is 0 Å². The monoisotopic (exact) mass is 250 g/mol. The lowest BCUT2D eigenvalue weighted by Gasteiger charge is -2.05. The van der Waals surface area contributed by atoms with Gasteiger partial charge in [0, 0.05) is 6.42 Å². The number of para-hydroxylation sites is 1. The lowest BCUT2D eigenvalue weighted by molar-refractivity contribution is -0.137. The molecule has 98 valence electrons. The first-order chi connectivity index (χ1) is 8.77. The molecule has 4 heteroatoms. The van der Waals surface area contributed by atoms with Crippen LogP contribution in [-0.2, 0) is 11.2 Å². The second kappa shape index (κ2) is 6.28. The zero-order valence-corrected chi connectivity index (χ0v) is 10.4. The molecule has 0 radical (unpaired) electrons. The van der Waals surface area contributed by atoms with Gasteiger partial charge in [0.1, 0.15) is 0 Å². The Kier molecular flexibility index (Phi) is 4.45. The van der Waals surface area contributed by atoms with Crippen molar-refractivity contribution in [3.05, 3.63) is 23.8 Å². The summed E-state index contributed by atoms with van der Waals surface area (Å²) in [5.41, 5.74) is 1.18. The Morgan fingerprint density at radius 2 is 2.00 bits per heavy atom. The van der Waals surface area contributed by atoms with E-state index in [4.69, 9.17) is 14.6 Å². The van der Waals surface area contributed by atoms with E-state index in [1.807, 2.05) is 12.1 Å². The van der Waals surface area contributed by atoms with Gasteiger partial charge in [-0.05, 0) is 30.9 Å². The van der Waals surface area contributed by atoms with Gasteiger partial charge in [-0.25, -0.2) is 0 Å². The molecule has 2 rings (SSSR count). The zero-order chi connectivity index (χ0) is 12.8. The molecule has 18 heavy (non-hydrogen) atoms. The Balaban J connectivity index is 1.71. The van der Waals surface area contributed by atoms with E-state index in [9.17, 15) is 4.79 Å². The fourth-order valence-corrected chi connectivity index (χ4v) is 2.13. The van der Waals surface area contributed by atoms with Crippen LogP contribution < -0.4 is 9.47 Å². The highest BCUT2D eigenvalue weighted by Gasteiger charge is 2.16. The van der Waals surface area contributed by atoms with Crippen LogP contribution in [0.25, 0.3) is 0 Å². The maximum atomic E-state index is 10.4. The maximum absolute atomic E-state index is 10.4. The normalized spacial score (nSPS) is 12.7. The number of carboxylic acids is 1. The van der Waals surface area contributed by atoms with Gasteiger partial charge in [-0.1, -0.05) is 25.0 Å². The molecule has 4 nitrogen and oxygen atoms in total. The summed E-state index contributed by atoms with van der Waals surface area (Å²) in [6, 6.07) is 5.96. The summed E-state index contributed by atoms with van der Waals surface area (Å²) in [4.78, 5) is 10.4. The van der Waals surface area contributed by atoms with E-state index in [2.05, 4.69) is 6.07 Å². The van der Waals surface area contributed by atoms with E-state index >= 15 is 0 Å². The topological polar surface area (TPSA) is 55.8 Å². The highest BCUT2D eigenvalue weighted by molar-refractivity contribution is 5.66. The highest BCUT2D eigenvalue weighted by atomic mass is 16.7. The number of carboxylic acid groups (broad SMARTS) is 1. The third-order valence-electron chi connectivity index (χ3n) is 3.06. The third kappa shape index (κ3) is 3.39. The molecule has 0 atom stereocenters. The van der Waals surface area contributed by atoms with Crippen molar-refractivity contribution in [1.82, 2.24) is 0 Å². The lowest BCUT2D eigenvalue weighted by Crippen LogP contribution is -1.95. The van der Waals surface area contributed by atoms with Crippen LogP contribution in [0, 0.1) is 0 Å². The van der Waals surface area contributed by atoms with Crippen LogP contribution in [0.15, 0.2) is 18.2 Å². The third-order valence-corrected chi connectivity index (χ3v) is 3.06. The minimum Gasteiger partial charge on any atom is -0.481 e. The quantitative estimate of drug-likeness (QED) is 0.756. The minimum atomic E-state index is -0.707. The Morgan fingerprint density at radius 3 is 2.83 bits per heavy atom. The van der Waals surface area contributed by atoms with E-state index in [0.717, 1.165) is 43.6 Å². The van der Waals surface area contributed by atoms with Crippen molar-refractivity contribution in [1.29, 1.82) is 0 Å². The Morgan fingerprint density at radius 1 is 1.17 bits per heavy atom. The van der Waals surface area contributed by atoms with Crippen molar-refractivity contribution in [2.24, 2.45) is 0 Å². The van der Waals surface area contributed by atoms with Crippen molar-refractivity contribution in [2.45, 2.75) is 38.5 Å². The summed E-state index contributed by atoms with van der Waals surface area (Å²) in [5, 5.41) is 8.52. The van der Waals surface area contributed by atoms with Crippen molar-refractivity contribution >= 4 is 5.97 Å². The summed E-state index contributed by atoms with van der Waals surface area (Å²) in [6.45, 7) is 0.310. The predicted molar refractivity (Wildman–Crippen MR) is 67.0 cm³/mol. The van der Waals surface area contributed by atoms with Gasteiger partial charge in [0.25, 0.3) is 0 Å². The smallest absolute Gasteiger partial charge is 0.303 e. The Bertz CT molecular complexity index is 414. The summed E-state index contributed by atoms with van der Waals surface area (Å²) in [6.07, 6.45) is 5.08. The van der Waals surface area contributed by atoms with Gasteiger partial charge in [-0.15, -0.1) is 0 Å². The summed E-state index contributed by atoms with van der Waals surface area (Å²) >= 11 is 0. The number of fused-ring (bicyclic) bond motifs is 1. The van der Waals surface area contributed by atoms with Gasteiger partial charge >= 0.3 is 5.97 Å². The zero-order valence-electron chi connectivity index (χ0n) is 10.4. The largest absolute Gasteiger partial charge is 0.481 e. The number of unbranched alkanes of at least 4 members (excludes halogenated alkanes) is 3. The second-order valence-corrected chi connectivity index (χ2v) is 4.46. The number of rotatable bonds is 7. The molecule has 0 saturated heterocycles. The summed E-state index contributed by atoms with van der Waals surface area (Å²) in [7, 11) is 0. The Labute approximate surface area is 107 Å². The molecule has 1 aliphatic rings. The lowest BCUT2D eigenvalue weighted by atomic mass is 10.0. The molecule has 0 saturated carbocycles. The molecular weight excluding hydrogens is 232 g/mol. The first-order valence-electron chi connectivity index (χ1n) is 6.36. The number of hydrogen-bond acceptors (Lipinski definition) is 3. The number of aryl methyl sites for hydroxylation is 1. The number of ether oxygens (including phenoxy) is 2. The second-order valence-electron chi connectivity index (χ2n) is 4.46. The number of hydrogen-bond donors (Lipinski definition) is 1. The molecule has 0 spiro atoms. The molecule has 0 bridgehead atoms. The van der Waals surface area contributed by atoms with Crippen molar-refractivity contribution in [3.8, 4) is 11.5 Å². The van der Waals surface area contributed by atoms with Crippen LogP contribution in [0.1, 0.15) is 37.7 Å². The average Bonchev–Trinajstić information content (AvgIpc) is 2.82. The number of carbonyl (C=O) groups is 1. The first kappa shape index (κ1) is 12.7. The van der Waals surface area contributed by atoms with E-state index in [-0.39, 0.29) is 6.42 Å². The summed E-state index contributed by atoms with van der Waals surface area (Å²) < 4.78 is 10.8. The molecule has 0 unspecified atom stereocenters. The van der Waals surface area contributed by atoms with Crippen LogP contribution in [0.5, 0.6) is 11.5 Å². The molecule has 0 aliphatic carbocycles. The molecule has 1 aliphatic heterocycles. The first-order valence-corrected chi connectivity index (χ1v) is 6.36. The van der Waals surface area contributed by atoms with Crippen LogP contribution in [0.2, 0.25) is 0 Å². The fraction of sp³-hybridized carbons (Fsp3) is 0.500. The highest BCUT2D eigenvalue weighted by Crippen LogP contribution is 2.36. The van der Waals surface area contributed by atoms with Gasteiger partial charge < -0.3 is 14.6 Å². The van der Waals surface area contributed by atoms with Gasteiger partial charge in [-0.2, -0.15) is 0 Å². The minimum absolute atomic E-state index is 0.275. The molecule has 1 heterocycles. The van der Waals surface area contributed by atoms with Crippen LogP contribution >= 0.6 is 0 Å². The molecular formula is C14H18O4. The van der Waals surface area contributed by atoms with Gasteiger partial charge in [0.05, 0.1) is 0 Å². The van der Waals surface area contributed by atoms with Crippen molar-refractivity contribution in [3.63, 3.8) is 0 Å². The van der Waals surface area contributed by atoms with Crippen molar-refractivity contribution in [2.75, 3.05) is 6.79 Å². The van der Waals surface area contributed by atoms with Gasteiger partial charge in [0.15, 0.2) is 11.5 Å². The average molecular weight is 250 g/mol. The van der Waals surface area contributed by atoms with Crippen LogP contribution in [0.4, 0.5) is 0 Å². The van der Waals surface area contributed by atoms with Gasteiger partial charge in [0.2, 0.25) is 6.79 Å². The predicted octanol–water partition coefficient (Wildman–Crippen LogP) is 2.99. The van der Waals surface area contributed by atoms with E-state index < -0.39 is 5.97 Å². The fourth-order valence-electron chi connectivity index (χ4n) is 2.13. The van der Waals surface area contributed by atoms with Crippen LogP contribution in [-0.4, -0.2) is 17.9 Å². The maximum Gasteiger partial charge on any atom is 0.303 e. The summed E-state index contributed by atoms with van der Waals surface area (Å²) in [5.74, 6) is 1.00. The molecule has 0 fully saturated rings. The molecule has 0 amide bonds. The standard InChI is InChI=1S/C14H18O4/c15-13(16)9-4-2-1-3-6-11-7-5-8-12-14(11)18-10-17-12/h5,7-8H,1-4,6,9-10H2,(H,15,16). The Hall–Kier alpha value is -1.71. The molecule has 1 aromatic rings. The number of benzene rings is 1. The van der Waals surface area contributed by atoms with Gasteiger partial charge in [-0.3, -0.25) is 4.79 Å². The van der Waals surface area contributed by atoms with E-state index in [1.165, 1.54) is 5.56 Å². The molecule has 0 aromatic heterocycles. The van der Waals surface area contributed by atoms with Crippen molar-refractivity contribution < 1.29 is 19.4 Å². The molecule has 1 aromatic carbocycles. The molecule has 1 N–H and O–H groups in total. The van der Waals surface area contributed by atoms with E-state index in [0.29, 0.717) is 6.79 Å². The SMILES string of the molecule is O=C(O)CCCCCCc1cccc2c1OCO2.